The minimum atomic E-state index is -0.406. The zero-order valence-electron chi connectivity index (χ0n) is 13.6. The Hall–Kier alpha value is -2.36. The van der Waals surface area contributed by atoms with E-state index < -0.39 is 11.2 Å². The lowest BCUT2D eigenvalue weighted by Gasteiger charge is -2.06. The molecule has 2 N–H and O–H groups in total. The van der Waals surface area contributed by atoms with Gasteiger partial charge in [0.25, 0.3) is 5.56 Å². The summed E-state index contributed by atoms with van der Waals surface area (Å²) in [7, 11) is 0. The van der Waals surface area contributed by atoms with Crippen LogP contribution in [0.1, 0.15) is 32.5 Å². The van der Waals surface area contributed by atoms with Crippen LogP contribution in [0.3, 0.4) is 0 Å². The number of hydrogen-bond donors (Lipinski definition) is 2. The van der Waals surface area contributed by atoms with E-state index in [-0.39, 0.29) is 0 Å². The van der Waals surface area contributed by atoms with E-state index in [1.807, 2.05) is 11.5 Å². The number of nitrogens with one attached hydrogen (secondary N) is 2. The van der Waals surface area contributed by atoms with Gasteiger partial charge >= 0.3 is 5.69 Å². The fraction of sp³-hybridized carbons (Fsp3) is 0.500. The summed E-state index contributed by atoms with van der Waals surface area (Å²) >= 11 is 1.45. The first-order chi connectivity index (χ1) is 11.7. The van der Waals surface area contributed by atoms with E-state index in [9.17, 15) is 9.59 Å². The van der Waals surface area contributed by atoms with Gasteiger partial charge in [0.1, 0.15) is 12.2 Å². The average Bonchev–Trinajstić information content (AvgIpc) is 3.20. The van der Waals surface area contributed by atoms with E-state index in [2.05, 4.69) is 32.1 Å². The Morgan fingerprint density at radius 3 is 2.75 bits per heavy atom. The van der Waals surface area contributed by atoms with Crippen molar-refractivity contribution in [1.29, 1.82) is 0 Å². The summed E-state index contributed by atoms with van der Waals surface area (Å²) in [6.45, 7) is 5.14. The molecule has 3 rings (SSSR count). The van der Waals surface area contributed by atoms with Crippen LogP contribution >= 0.6 is 11.8 Å². The van der Waals surface area contributed by atoms with E-state index in [0.717, 1.165) is 18.7 Å². The number of nitrogens with zero attached hydrogens (tertiary/aromatic N) is 5. The third-order valence-electron chi connectivity index (χ3n) is 3.75. The molecule has 0 spiro atoms. The zero-order valence-corrected chi connectivity index (χ0v) is 14.4. The molecule has 0 aromatic carbocycles. The Bertz CT molecular complexity index is 939. The van der Waals surface area contributed by atoms with Crippen molar-refractivity contribution in [2.45, 2.75) is 50.7 Å². The van der Waals surface area contributed by atoms with Crippen LogP contribution in [0.4, 0.5) is 0 Å². The Morgan fingerprint density at radius 1 is 1.25 bits per heavy atom. The molecule has 0 aliphatic rings. The number of hydrogen-bond acceptors (Lipinski definition) is 6. The van der Waals surface area contributed by atoms with Gasteiger partial charge in [-0.15, -0.1) is 0 Å². The van der Waals surface area contributed by atoms with Gasteiger partial charge in [0, 0.05) is 13.1 Å². The smallest absolute Gasteiger partial charge is 0.322 e. The van der Waals surface area contributed by atoms with Gasteiger partial charge in [-0.1, -0.05) is 25.1 Å². The van der Waals surface area contributed by atoms with Crippen molar-refractivity contribution in [1.82, 2.24) is 34.3 Å². The fourth-order valence-electron chi connectivity index (χ4n) is 2.59. The van der Waals surface area contributed by atoms with Gasteiger partial charge in [-0.3, -0.25) is 19.4 Å². The Morgan fingerprint density at radius 2 is 2.08 bits per heavy atom. The fourth-order valence-corrected chi connectivity index (χ4v) is 3.31. The molecular weight excluding hydrogens is 330 g/mol. The highest BCUT2D eigenvalue weighted by molar-refractivity contribution is 7.98. The molecule has 0 radical (unpaired) electrons. The van der Waals surface area contributed by atoms with Gasteiger partial charge in [-0.2, -0.15) is 5.10 Å². The van der Waals surface area contributed by atoms with Crippen molar-refractivity contribution in [2.75, 3.05) is 0 Å². The van der Waals surface area contributed by atoms with Crippen LogP contribution in [0.25, 0.3) is 11.2 Å². The minimum absolute atomic E-state index is 0.395. The second-order valence-electron chi connectivity index (χ2n) is 5.29. The zero-order chi connectivity index (χ0) is 17.1. The molecule has 0 unspecified atom stereocenters. The predicted molar refractivity (Wildman–Crippen MR) is 91.1 cm³/mol. The second-order valence-corrected chi connectivity index (χ2v) is 6.25. The molecule has 3 heterocycles. The molecule has 0 saturated heterocycles. The molecule has 0 aliphatic heterocycles. The van der Waals surface area contributed by atoms with Crippen LogP contribution in [0, 0.1) is 0 Å². The maximum absolute atomic E-state index is 12.3. The van der Waals surface area contributed by atoms with E-state index >= 15 is 0 Å². The first kappa shape index (κ1) is 16.5. The van der Waals surface area contributed by atoms with Crippen LogP contribution in [-0.4, -0.2) is 34.3 Å². The number of imidazole rings is 1. The Labute approximate surface area is 141 Å². The predicted octanol–water partition coefficient (Wildman–Crippen LogP) is 1.12. The number of aryl methyl sites for hydroxylation is 2. The lowest BCUT2D eigenvalue weighted by atomic mass is 10.3. The third kappa shape index (κ3) is 3.01. The largest absolute Gasteiger partial charge is 0.330 e. The molecule has 0 atom stereocenters. The number of rotatable bonds is 7. The SMILES string of the molecule is CCCCn1c(=O)[nH]c(=O)c2c1nc(CSc1ncn[nH]1)n2CC. The van der Waals surface area contributed by atoms with Gasteiger partial charge < -0.3 is 4.57 Å². The molecule has 9 nitrogen and oxygen atoms in total. The highest BCUT2D eigenvalue weighted by Gasteiger charge is 2.17. The molecular formula is C14H19N7O2S. The summed E-state index contributed by atoms with van der Waals surface area (Å²) in [4.78, 5) is 35.5. The normalized spacial score (nSPS) is 11.4. The monoisotopic (exact) mass is 349 g/mol. The van der Waals surface area contributed by atoms with Crippen molar-refractivity contribution in [3.8, 4) is 0 Å². The molecule has 3 aromatic rings. The maximum Gasteiger partial charge on any atom is 0.330 e. The molecule has 0 fully saturated rings. The second kappa shape index (κ2) is 7.04. The summed E-state index contributed by atoms with van der Waals surface area (Å²) in [5.41, 5.74) is 0.0951. The first-order valence-corrected chi connectivity index (χ1v) is 8.84. The average molecular weight is 349 g/mol. The van der Waals surface area contributed by atoms with Crippen LogP contribution in [0.2, 0.25) is 0 Å². The highest BCUT2D eigenvalue weighted by atomic mass is 32.2. The highest BCUT2D eigenvalue weighted by Crippen LogP contribution is 2.20. The summed E-state index contributed by atoms with van der Waals surface area (Å²) in [5.74, 6) is 1.26. The van der Waals surface area contributed by atoms with Gasteiger partial charge in [0.05, 0.1) is 5.75 Å². The molecule has 0 bridgehead atoms. The molecule has 3 aromatic heterocycles. The molecule has 128 valence electrons. The number of aromatic nitrogens is 7. The maximum atomic E-state index is 12.3. The van der Waals surface area contributed by atoms with Crippen LogP contribution in [-0.2, 0) is 18.8 Å². The Balaban J connectivity index is 2.08. The number of unbranched alkanes of at least 4 members (excludes halogenated alkanes) is 1. The Kier molecular flexibility index (Phi) is 4.84. The van der Waals surface area contributed by atoms with Crippen molar-refractivity contribution in [2.24, 2.45) is 0 Å². The summed E-state index contributed by atoms with van der Waals surface area (Å²) < 4.78 is 3.40. The van der Waals surface area contributed by atoms with E-state index in [0.29, 0.717) is 35.2 Å². The molecule has 0 saturated carbocycles. The van der Waals surface area contributed by atoms with Crippen LogP contribution in [0.5, 0.6) is 0 Å². The number of aromatic amines is 2. The molecule has 0 amide bonds. The van der Waals surface area contributed by atoms with Gasteiger partial charge in [-0.05, 0) is 13.3 Å². The quantitative estimate of drug-likeness (QED) is 0.618. The summed E-state index contributed by atoms with van der Waals surface area (Å²) in [5, 5.41) is 7.27. The minimum Gasteiger partial charge on any atom is -0.322 e. The number of H-pyrrole nitrogens is 2. The van der Waals surface area contributed by atoms with Crippen molar-refractivity contribution in [3.63, 3.8) is 0 Å². The number of thioether (sulfide) groups is 1. The third-order valence-corrected chi connectivity index (χ3v) is 4.62. The van der Waals surface area contributed by atoms with Crippen molar-refractivity contribution < 1.29 is 0 Å². The molecule has 0 aliphatic carbocycles. The molecule has 10 heteroatoms. The van der Waals surface area contributed by atoms with Crippen molar-refractivity contribution in [3.05, 3.63) is 33.0 Å². The van der Waals surface area contributed by atoms with E-state index in [1.54, 1.807) is 4.57 Å². The van der Waals surface area contributed by atoms with Crippen LogP contribution in [0.15, 0.2) is 21.1 Å². The van der Waals surface area contributed by atoms with Gasteiger partial charge in [0.15, 0.2) is 16.3 Å². The van der Waals surface area contributed by atoms with Crippen molar-refractivity contribution >= 4 is 22.9 Å². The van der Waals surface area contributed by atoms with Crippen LogP contribution < -0.4 is 11.2 Å². The van der Waals surface area contributed by atoms with Gasteiger partial charge in [-0.25, -0.2) is 14.8 Å². The van der Waals surface area contributed by atoms with E-state index in [4.69, 9.17) is 0 Å². The molecule has 24 heavy (non-hydrogen) atoms. The topological polar surface area (TPSA) is 114 Å². The summed E-state index contributed by atoms with van der Waals surface area (Å²) in [6.07, 6.45) is 3.25. The summed E-state index contributed by atoms with van der Waals surface area (Å²) in [6, 6.07) is 0. The standard InChI is InChI=1S/C14H19N7O2S/c1-3-5-6-21-11-10(12(22)18-14(21)23)20(4-2)9(17-11)7-24-13-15-8-16-19-13/h8H,3-7H2,1-2H3,(H,15,16,19)(H,18,22,23). The first-order valence-electron chi connectivity index (χ1n) is 7.86. The lowest BCUT2D eigenvalue weighted by Crippen LogP contribution is -2.31. The van der Waals surface area contributed by atoms with Gasteiger partial charge in [0.2, 0.25) is 0 Å². The number of fused-ring (bicyclic) bond motifs is 1. The van der Waals surface area contributed by atoms with E-state index in [1.165, 1.54) is 18.1 Å². The lowest BCUT2D eigenvalue weighted by molar-refractivity contribution is 0.613.